The lowest BCUT2D eigenvalue weighted by atomic mass is 9.94. The van der Waals surface area contributed by atoms with E-state index < -0.39 is 0 Å². The van der Waals surface area contributed by atoms with E-state index in [1.54, 1.807) is 0 Å². The van der Waals surface area contributed by atoms with Crippen LogP contribution in [-0.2, 0) is 22.6 Å². The lowest BCUT2D eigenvalue weighted by Crippen LogP contribution is -2.57. The van der Waals surface area contributed by atoms with Crippen molar-refractivity contribution in [3.8, 4) is 0 Å². The summed E-state index contributed by atoms with van der Waals surface area (Å²) in [5.74, 6) is 0.787. The van der Waals surface area contributed by atoms with Gasteiger partial charge in [0.1, 0.15) is 0 Å². The Morgan fingerprint density at radius 2 is 1.44 bits per heavy atom. The number of nitrogens with one attached hydrogen (secondary N) is 1. The van der Waals surface area contributed by atoms with Gasteiger partial charge < -0.3 is 10.2 Å². The predicted molar refractivity (Wildman–Crippen MR) is 127 cm³/mol. The second-order valence-electron chi connectivity index (χ2n) is 9.10. The van der Waals surface area contributed by atoms with Gasteiger partial charge in [-0.25, -0.2) is 0 Å². The molecule has 1 saturated heterocycles. The highest BCUT2D eigenvalue weighted by Crippen LogP contribution is 2.31. The first-order valence-corrected chi connectivity index (χ1v) is 12.1. The largest absolute Gasteiger partial charge is 0.351 e. The normalized spacial score (nSPS) is 18.4. The number of carbonyl (C=O) groups excluding carboxylic acids is 2. The molecule has 2 aliphatic rings. The SMILES string of the molecule is O=C(NCc1ccccc1)[C@@H](C1CCCC1)N1CCN(C(=O)CCc2ccccc2)CC1. The summed E-state index contributed by atoms with van der Waals surface area (Å²) in [6.07, 6.45) is 6.01. The Morgan fingerprint density at radius 3 is 2.06 bits per heavy atom. The van der Waals surface area contributed by atoms with Crippen molar-refractivity contribution in [2.75, 3.05) is 26.2 Å². The fourth-order valence-electron chi connectivity index (χ4n) is 5.14. The van der Waals surface area contributed by atoms with Gasteiger partial charge in [-0.2, -0.15) is 0 Å². The maximum atomic E-state index is 13.2. The maximum Gasteiger partial charge on any atom is 0.237 e. The molecule has 2 aromatic rings. The van der Waals surface area contributed by atoms with Crippen LogP contribution >= 0.6 is 0 Å². The van der Waals surface area contributed by atoms with Crippen molar-refractivity contribution in [3.63, 3.8) is 0 Å². The first-order valence-electron chi connectivity index (χ1n) is 12.1. The molecule has 1 atom stereocenters. The highest BCUT2D eigenvalue weighted by atomic mass is 16.2. The molecule has 170 valence electrons. The first-order chi connectivity index (χ1) is 15.7. The van der Waals surface area contributed by atoms with Crippen LogP contribution in [0.2, 0.25) is 0 Å². The molecule has 1 aliphatic carbocycles. The van der Waals surface area contributed by atoms with Gasteiger partial charge in [0, 0.05) is 39.1 Å². The first kappa shape index (κ1) is 22.5. The number of nitrogens with zero attached hydrogens (tertiary/aromatic N) is 2. The number of piperazine rings is 1. The predicted octanol–water partition coefficient (Wildman–Crippen LogP) is 3.64. The minimum absolute atomic E-state index is 0.0808. The summed E-state index contributed by atoms with van der Waals surface area (Å²) in [4.78, 5) is 30.3. The van der Waals surface area contributed by atoms with Gasteiger partial charge in [0.05, 0.1) is 6.04 Å². The van der Waals surface area contributed by atoms with Crippen LogP contribution in [0.25, 0.3) is 0 Å². The highest BCUT2D eigenvalue weighted by Gasteiger charge is 2.37. The van der Waals surface area contributed by atoms with Crippen LogP contribution in [0.4, 0.5) is 0 Å². The number of benzene rings is 2. The van der Waals surface area contributed by atoms with Crippen LogP contribution in [-0.4, -0.2) is 53.8 Å². The van der Waals surface area contributed by atoms with Gasteiger partial charge in [0.25, 0.3) is 0 Å². The number of amides is 2. The monoisotopic (exact) mass is 433 g/mol. The van der Waals surface area contributed by atoms with Crippen molar-refractivity contribution >= 4 is 11.8 Å². The topological polar surface area (TPSA) is 52.7 Å². The maximum absolute atomic E-state index is 13.2. The fraction of sp³-hybridized carbons (Fsp3) is 0.481. The van der Waals surface area contributed by atoms with Gasteiger partial charge in [-0.1, -0.05) is 73.5 Å². The van der Waals surface area contributed by atoms with Crippen LogP contribution in [0.1, 0.15) is 43.2 Å². The summed E-state index contributed by atoms with van der Waals surface area (Å²) >= 11 is 0. The lowest BCUT2D eigenvalue weighted by molar-refractivity contribution is -0.135. The van der Waals surface area contributed by atoms with Crippen LogP contribution < -0.4 is 5.32 Å². The Bertz CT molecular complexity index is 857. The van der Waals surface area contributed by atoms with Gasteiger partial charge in [-0.15, -0.1) is 0 Å². The van der Waals surface area contributed by atoms with Gasteiger partial charge >= 0.3 is 0 Å². The Morgan fingerprint density at radius 1 is 0.844 bits per heavy atom. The number of carbonyl (C=O) groups is 2. The van der Waals surface area contributed by atoms with Crippen LogP contribution in [0, 0.1) is 5.92 Å². The van der Waals surface area contributed by atoms with Gasteiger partial charge in [0.15, 0.2) is 0 Å². The molecule has 5 nitrogen and oxygen atoms in total. The zero-order valence-electron chi connectivity index (χ0n) is 18.9. The van der Waals surface area contributed by atoms with Gasteiger partial charge in [-0.05, 0) is 36.3 Å². The Kier molecular flexibility index (Phi) is 7.94. The van der Waals surface area contributed by atoms with E-state index in [0.29, 0.717) is 32.0 Å². The summed E-state index contributed by atoms with van der Waals surface area (Å²) in [7, 11) is 0. The molecule has 32 heavy (non-hydrogen) atoms. The third-order valence-electron chi connectivity index (χ3n) is 6.96. The van der Waals surface area contributed by atoms with E-state index in [1.807, 2.05) is 53.4 Å². The molecule has 1 N–H and O–H groups in total. The summed E-state index contributed by atoms with van der Waals surface area (Å²) in [5.41, 5.74) is 2.33. The molecule has 1 saturated carbocycles. The van der Waals surface area contributed by atoms with Crippen molar-refractivity contribution in [3.05, 3.63) is 71.8 Å². The van der Waals surface area contributed by atoms with Gasteiger partial charge in [0.2, 0.25) is 11.8 Å². The van der Waals surface area contributed by atoms with E-state index in [1.165, 1.54) is 18.4 Å². The third-order valence-corrected chi connectivity index (χ3v) is 6.96. The molecular weight excluding hydrogens is 398 g/mol. The van der Waals surface area contributed by atoms with Gasteiger partial charge in [-0.3, -0.25) is 14.5 Å². The van der Waals surface area contributed by atoms with E-state index in [-0.39, 0.29) is 17.9 Å². The number of aryl methyl sites for hydroxylation is 1. The van der Waals surface area contributed by atoms with Crippen LogP contribution in [0.3, 0.4) is 0 Å². The average Bonchev–Trinajstić information content (AvgIpc) is 3.37. The van der Waals surface area contributed by atoms with Crippen molar-refractivity contribution in [2.24, 2.45) is 5.92 Å². The minimum atomic E-state index is -0.0808. The number of hydrogen-bond donors (Lipinski definition) is 1. The number of hydrogen-bond acceptors (Lipinski definition) is 3. The molecule has 1 aliphatic heterocycles. The molecule has 2 fully saturated rings. The zero-order chi connectivity index (χ0) is 22.2. The molecule has 0 bridgehead atoms. The molecular formula is C27H35N3O2. The summed E-state index contributed by atoms with van der Waals surface area (Å²) in [6.45, 7) is 3.54. The zero-order valence-corrected chi connectivity index (χ0v) is 18.9. The van der Waals surface area contributed by atoms with Crippen molar-refractivity contribution in [2.45, 2.75) is 51.1 Å². The number of rotatable bonds is 8. The molecule has 1 heterocycles. The van der Waals surface area contributed by atoms with Crippen molar-refractivity contribution in [1.82, 2.24) is 15.1 Å². The fourth-order valence-corrected chi connectivity index (χ4v) is 5.14. The minimum Gasteiger partial charge on any atom is -0.351 e. The highest BCUT2D eigenvalue weighted by molar-refractivity contribution is 5.82. The molecule has 2 amide bonds. The standard InChI is InChI=1S/C27H35N3O2/c31-25(16-15-22-9-3-1-4-10-22)29-17-19-30(20-18-29)26(24-13-7-8-14-24)27(32)28-21-23-11-5-2-6-12-23/h1-6,9-12,24,26H,7-8,13-21H2,(H,28,32)/t26-/m1/s1. The molecule has 0 aromatic heterocycles. The van der Waals surface area contributed by atoms with Crippen molar-refractivity contribution in [1.29, 1.82) is 0 Å². The van der Waals surface area contributed by atoms with E-state index in [2.05, 4.69) is 22.3 Å². The quantitative estimate of drug-likeness (QED) is 0.692. The molecule has 0 radical (unpaired) electrons. The van der Waals surface area contributed by atoms with E-state index >= 15 is 0 Å². The smallest absolute Gasteiger partial charge is 0.237 e. The molecule has 2 aromatic carbocycles. The van der Waals surface area contributed by atoms with E-state index in [0.717, 1.165) is 37.9 Å². The average molecular weight is 434 g/mol. The Hall–Kier alpha value is -2.66. The summed E-state index contributed by atoms with van der Waals surface area (Å²) in [5, 5.41) is 3.18. The summed E-state index contributed by atoms with van der Waals surface area (Å²) < 4.78 is 0. The Balaban J connectivity index is 1.30. The van der Waals surface area contributed by atoms with Crippen molar-refractivity contribution < 1.29 is 9.59 Å². The third kappa shape index (κ3) is 5.98. The van der Waals surface area contributed by atoms with E-state index in [4.69, 9.17) is 0 Å². The summed E-state index contributed by atoms with van der Waals surface area (Å²) in [6, 6.07) is 20.2. The molecule has 0 spiro atoms. The lowest BCUT2D eigenvalue weighted by Gasteiger charge is -2.40. The molecule has 4 rings (SSSR count). The van der Waals surface area contributed by atoms with Crippen LogP contribution in [0.5, 0.6) is 0 Å². The molecule has 0 unspecified atom stereocenters. The second-order valence-corrected chi connectivity index (χ2v) is 9.10. The molecule has 5 heteroatoms. The second kappa shape index (κ2) is 11.3. The Labute approximate surface area is 191 Å². The van der Waals surface area contributed by atoms with Crippen LogP contribution in [0.15, 0.2) is 60.7 Å². The van der Waals surface area contributed by atoms with E-state index in [9.17, 15) is 9.59 Å².